The highest BCUT2D eigenvalue weighted by Gasteiger charge is 2.11. The van der Waals surface area contributed by atoms with Crippen LogP contribution >= 0.6 is 11.3 Å². The van der Waals surface area contributed by atoms with Gasteiger partial charge in [-0.3, -0.25) is 0 Å². The molecule has 0 saturated heterocycles. The molecule has 0 fully saturated rings. The molecule has 0 aliphatic heterocycles. The third kappa shape index (κ3) is 1.42. The summed E-state index contributed by atoms with van der Waals surface area (Å²) in [6.07, 6.45) is 1.44. The van der Waals surface area contributed by atoms with Crippen molar-refractivity contribution in [3.8, 4) is 17.0 Å². The molecule has 0 radical (unpaired) electrons. The number of nitrogens with zero attached hydrogens (tertiary/aromatic N) is 2. The Hall–Kier alpha value is -1.62. The Bertz CT molecular complexity index is 428. The van der Waals surface area contributed by atoms with Gasteiger partial charge in [0, 0.05) is 10.9 Å². The highest BCUT2D eigenvalue weighted by molar-refractivity contribution is 7.08. The Kier molecular flexibility index (Phi) is 2.32. The molecule has 0 aliphatic rings. The number of hydrogen-bond donors (Lipinski definition) is 1. The van der Waals surface area contributed by atoms with Crippen LogP contribution in [-0.2, 0) is 0 Å². The van der Waals surface area contributed by atoms with Crippen LogP contribution in [0.25, 0.3) is 11.3 Å². The van der Waals surface area contributed by atoms with Crippen molar-refractivity contribution in [2.75, 3.05) is 12.8 Å². The van der Waals surface area contributed by atoms with Gasteiger partial charge in [-0.2, -0.15) is 11.3 Å². The largest absolute Gasteiger partial charge is 0.491 e. The molecule has 0 amide bonds. The van der Waals surface area contributed by atoms with Crippen LogP contribution in [0.2, 0.25) is 0 Å². The summed E-state index contributed by atoms with van der Waals surface area (Å²) in [5, 5.41) is 3.97. The van der Waals surface area contributed by atoms with Crippen LogP contribution < -0.4 is 10.5 Å². The molecule has 2 aromatic heterocycles. The molecule has 0 aliphatic carbocycles. The SMILES string of the molecule is COc1c(N)ncnc1-c1ccsc1. The van der Waals surface area contributed by atoms with E-state index in [-0.39, 0.29) is 0 Å². The Morgan fingerprint density at radius 2 is 2.29 bits per heavy atom. The van der Waals surface area contributed by atoms with Crippen molar-refractivity contribution >= 4 is 17.2 Å². The van der Waals surface area contributed by atoms with Crippen LogP contribution in [0.15, 0.2) is 23.2 Å². The summed E-state index contributed by atoms with van der Waals surface area (Å²) >= 11 is 1.60. The van der Waals surface area contributed by atoms with Gasteiger partial charge in [-0.25, -0.2) is 9.97 Å². The number of rotatable bonds is 2. The van der Waals surface area contributed by atoms with Gasteiger partial charge in [0.1, 0.15) is 12.0 Å². The van der Waals surface area contributed by atoms with Crippen LogP contribution in [0.5, 0.6) is 5.75 Å². The Labute approximate surface area is 85.4 Å². The minimum absolute atomic E-state index is 0.365. The fourth-order valence-corrected chi connectivity index (χ4v) is 1.83. The first kappa shape index (κ1) is 8.96. The van der Waals surface area contributed by atoms with E-state index < -0.39 is 0 Å². The summed E-state index contributed by atoms with van der Waals surface area (Å²) in [7, 11) is 1.56. The normalized spacial score (nSPS) is 10.1. The Morgan fingerprint density at radius 3 is 2.93 bits per heavy atom. The summed E-state index contributed by atoms with van der Waals surface area (Å²) in [5.41, 5.74) is 7.40. The summed E-state index contributed by atoms with van der Waals surface area (Å²) in [5.74, 6) is 0.898. The summed E-state index contributed by atoms with van der Waals surface area (Å²) in [4.78, 5) is 8.01. The van der Waals surface area contributed by atoms with Gasteiger partial charge in [0.25, 0.3) is 0 Å². The summed E-state index contributed by atoms with van der Waals surface area (Å²) in [6, 6.07) is 1.97. The molecule has 0 spiro atoms. The highest BCUT2D eigenvalue weighted by atomic mass is 32.1. The predicted molar refractivity (Wildman–Crippen MR) is 56.3 cm³/mol. The quantitative estimate of drug-likeness (QED) is 0.815. The molecule has 0 saturated carbocycles. The molecule has 4 nitrogen and oxygen atoms in total. The van der Waals surface area contributed by atoms with Crippen molar-refractivity contribution in [3.05, 3.63) is 23.2 Å². The number of nitrogen functional groups attached to an aromatic ring is 1. The maximum Gasteiger partial charge on any atom is 0.187 e. The average molecular weight is 207 g/mol. The molecule has 0 bridgehead atoms. The lowest BCUT2D eigenvalue weighted by atomic mass is 10.2. The van der Waals surface area contributed by atoms with Gasteiger partial charge < -0.3 is 10.5 Å². The summed E-state index contributed by atoms with van der Waals surface area (Å²) in [6.45, 7) is 0. The number of anilines is 1. The fourth-order valence-electron chi connectivity index (χ4n) is 1.19. The van der Waals surface area contributed by atoms with E-state index in [1.54, 1.807) is 18.4 Å². The molecule has 2 N–H and O–H groups in total. The third-order valence-corrected chi connectivity index (χ3v) is 2.51. The lowest BCUT2D eigenvalue weighted by Crippen LogP contribution is -1.99. The molecule has 0 unspecified atom stereocenters. The maximum atomic E-state index is 5.67. The number of ether oxygens (including phenoxy) is 1. The fraction of sp³-hybridized carbons (Fsp3) is 0.111. The van der Waals surface area contributed by atoms with Gasteiger partial charge in [0.15, 0.2) is 11.6 Å². The van der Waals surface area contributed by atoms with Crippen LogP contribution in [-0.4, -0.2) is 17.1 Å². The van der Waals surface area contributed by atoms with Crippen LogP contribution in [0.3, 0.4) is 0 Å². The number of hydrogen-bond acceptors (Lipinski definition) is 5. The average Bonchev–Trinajstić information content (AvgIpc) is 2.70. The summed E-state index contributed by atoms with van der Waals surface area (Å²) < 4.78 is 5.15. The topological polar surface area (TPSA) is 61.0 Å². The second kappa shape index (κ2) is 3.63. The number of thiophene rings is 1. The molecule has 0 aromatic carbocycles. The molecular weight excluding hydrogens is 198 g/mol. The van der Waals surface area contributed by atoms with E-state index in [4.69, 9.17) is 10.5 Å². The van der Waals surface area contributed by atoms with Gasteiger partial charge in [0.2, 0.25) is 0 Å². The van der Waals surface area contributed by atoms with Crippen molar-refractivity contribution < 1.29 is 4.74 Å². The van der Waals surface area contributed by atoms with E-state index in [9.17, 15) is 0 Å². The van der Waals surface area contributed by atoms with Crippen LogP contribution in [0.1, 0.15) is 0 Å². The molecular formula is C9H9N3OS. The number of methoxy groups -OCH3 is 1. The Balaban J connectivity index is 2.58. The number of nitrogens with two attached hydrogens (primary N) is 1. The molecule has 72 valence electrons. The van der Waals surface area contributed by atoms with E-state index in [0.717, 1.165) is 11.3 Å². The third-order valence-electron chi connectivity index (χ3n) is 1.83. The minimum Gasteiger partial charge on any atom is -0.491 e. The van der Waals surface area contributed by atoms with Gasteiger partial charge in [-0.1, -0.05) is 0 Å². The predicted octanol–water partition coefficient (Wildman–Crippen LogP) is 1.80. The first-order valence-corrected chi connectivity index (χ1v) is 4.94. The molecule has 2 aromatic rings. The Morgan fingerprint density at radius 1 is 1.43 bits per heavy atom. The first-order chi connectivity index (χ1) is 6.83. The van der Waals surface area contributed by atoms with Crippen molar-refractivity contribution in [2.24, 2.45) is 0 Å². The van der Waals surface area contributed by atoms with Gasteiger partial charge in [0.05, 0.1) is 7.11 Å². The van der Waals surface area contributed by atoms with E-state index in [0.29, 0.717) is 11.6 Å². The van der Waals surface area contributed by atoms with Crippen molar-refractivity contribution in [1.82, 2.24) is 9.97 Å². The van der Waals surface area contributed by atoms with Crippen LogP contribution in [0, 0.1) is 0 Å². The first-order valence-electron chi connectivity index (χ1n) is 4.00. The molecule has 0 atom stereocenters. The standard InChI is InChI=1S/C9H9N3OS/c1-13-8-7(6-2-3-14-4-6)11-5-12-9(8)10/h2-5H,1H3,(H2,10,11,12). The van der Waals surface area contributed by atoms with Crippen molar-refractivity contribution in [1.29, 1.82) is 0 Å². The van der Waals surface area contributed by atoms with E-state index in [1.165, 1.54) is 6.33 Å². The number of aromatic nitrogens is 2. The van der Waals surface area contributed by atoms with Crippen molar-refractivity contribution in [3.63, 3.8) is 0 Å². The smallest absolute Gasteiger partial charge is 0.187 e. The minimum atomic E-state index is 0.365. The van der Waals surface area contributed by atoms with Gasteiger partial charge >= 0.3 is 0 Å². The second-order valence-electron chi connectivity index (χ2n) is 2.65. The molecule has 5 heteroatoms. The highest BCUT2D eigenvalue weighted by Crippen LogP contribution is 2.31. The lowest BCUT2D eigenvalue weighted by Gasteiger charge is -2.06. The molecule has 14 heavy (non-hydrogen) atoms. The van der Waals surface area contributed by atoms with E-state index >= 15 is 0 Å². The maximum absolute atomic E-state index is 5.67. The zero-order valence-corrected chi connectivity index (χ0v) is 8.41. The van der Waals surface area contributed by atoms with Crippen LogP contribution in [0.4, 0.5) is 5.82 Å². The second-order valence-corrected chi connectivity index (χ2v) is 3.43. The monoisotopic (exact) mass is 207 g/mol. The van der Waals surface area contributed by atoms with E-state index in [1.807, 2.05) is 16.8 Å². The zero-order valence-electron chi connectivity index (χ0n) is 7.60. The van der Waals surface area contributed by atoms with E-state index in [2.05, 4.69) is 9.97 Å². The lowest BCUT2D eigenvalue weighted by molar-refractivity contribution is 0.415. The van der Waals surface area contributed by atoms with Gasteiger partial charge in [-0.15, -0.1) is 0 Å². The molecule has 2 heterocycles. The zero-order chi connectivity index (χ0) is 9.97. The van der Waals surface area contributed by atoms with Gasteiger partial charge in [-0.05, 0) is 11.4 Å². The molecule has 2 rings (SSSR count). The van der Waals surface area contributed by atoms with Crippen molar-refractivity contribution in [2.45, 2.75) is 0 Å².